The molecule has 1 saturated carbocycles. The van der Waals surface area contributed by atoms with Crippen LogP contribution in [0.15, 0.2) is 30.6 Å². The molecule has 104 valence electrons. The van der Waals surface area contributed by atoms with E-state index in [1.165, 1.54) is 6.33 Å². The van der Waals surface area contributed by atoms with E-state index in [9.17, 15) is 4.79 Å². The first-order valence-electron chi connectivity index (χ1n) is 6.58. The van der Waals surface area contributed by atoms with Crippen molar-refractivity contribution in [3.63, 3.8) is 0 Å². The van der Waals surface area contributed by atoms with E-state index in [0.717, 1.165) is 18.4 Å². The van der Waals surface area contributed by atoms with Gasteiger partial charge in [0.25, 0.3) is 0 Å². The van der Waals surface area contributed by atoms with Crippen LogP contribution in [0.3, 0.4) is 0 Å². The molecule has 1 heterocycles. The first-order valence-corrected chi connectivity index (χ1v) is 6.58. The Bertz CT molecular complexity index is 601. The van der Waals surface area contributed by atoms with Gasteiger partial charge in [-0.2, -0.15) is 5.10 Å². The number of nitrogens with one attached hydrogen (secondary N) is 1. The maximum absolute atomic E-state index is 12.7. The van der Waals surface area contributed by atoms with Crippen LogP contribution in [0.25, 0.3) is 0 Å². The lowest BCUT2D eigenvalue weighted by Crippen LogP contribution is -2.36. The first-order chi connectivity index (χ1) is 9.62. The zero-order valence-corrected chi connectivity index (χ0v) is 11.3. The van der Waals surface area contributed by atoms with E-state index >= 15 is 0 Å². The van der Waals surface area contributed by atoms with E-state index in [1.807, 2.05) is 24.3 Å². The number of hydrogen-bond acceptors (Lipinski definition) is 4. The molecule has 2 aromatic rings. The van der Waals surface area contributed by atoms with Crippen LogP contribution < -0.4 is 5.73 Å². The molecule has 1 amide bonds. The highest BCUT2D eigenvalue weighted by Crippen LogP contribution is 2.49. The fourth-order valence-corrected chi connectivity index (χ4v) is 2.52. The average molecular weight is 271 g/mol. The Labute approximate surface area is 117 Å². The van der Waals surface area contributed by atoms with E-state index in [4.69, 9.17) is 5.73 Å². The number of benzene rings is 1. The third kappa shape index (κ3) is 2.13. The molecule has 1 fully saturated rings. The zero-order valence-electron chi connectivity index (χ0n) is 11.3. The van der Waals surface area contributed by atoms with Crippen LogP contribution in [0.2, 0.25) is 0 Å². The van der Waals surface area contributed by atoms with E-state index in [2.05, 4.69) is 15.2 Å². The Morgan fingerprint density at radius 3 is 2.65 bits per heavy atom. The predicted octanol–water partition coefficient (Wildman–Crippen LogP) is 1.08. The maximum Gasteiger partial charge on any atom is 0.233 e. The minimum Gasteiger partial charge on any atom is -0.399 e. The molecule has 0 aliphatic heterocycles. The van der Waals surface area contributed by atoms with Crippen molar-refractivity contribution in [2.45, 2.75) is 24.8 Å². The average Bonchev–Trinajstić information content (AvgIpc) is 3.10. The number of aromatic nitrogens is 3. The van der Waals surface area contributed by atoms with Crippen LogP contribution in [0.5, 0.6) is 0 Å². The maximum atomic E-state index is 12.7. The van der Waals surface area contributed by atoms with Crippen molar-refractivity contribution < 1.29 is 4.79 Å². The number of rotatable bonds is 4. The fourth-order valence-electron chi connectivity index (χ4n) is 2.52. The molecule has 6 nitrogen and oxygen atoms in total. The Morgan fingerprint density at radius 1 is 1.40 bits per heavy atom. The molecule has 0 unspecified atom stereocenters. The zero-order chi connectivity index (χ0) is 14.2. The molecule has 1 aromatic heterocycles. The molecular weight excluding hydrogens is 254 g/mol. The number of amides is 1. The number of carbonyl (C=O) groups excluding carboxylic acids is 1. The standard InChI is InChI=1S/C14H17N5O/c1-19(8-12-16-9-17-18-12)13(20)14(6-7-14)10-2-4-11(15)5-3-10/h2-5,9H,6-8,15H2,1H3,(H,16,17,18). The van der Waals surface area contributed by atoms with Crippen molar-refractivity contribution in [2.75, 3.05) is 12.8 Å². The Kier molecular flexibility index (Phi) is 2.93. The summed E-state index contributed by atoms with van der Waals surface area (Å²) >= 11 is 0. The van der Waals surface area contributed by atoms with Crippen molar-refractivity contribution >= 4 is 11.6 Å². The number of nitrogens with zero attached hydrogens (tertiary/aromatic N) is 3. The summed E-state index contributed by atoms with van der Waals surface area (Å²) < 4.78 is 0. The van der Waals surface area contributed by atoms with Gasteiger partial charge in [-0.3, -0.25) is 9.89 Å². The largest absolute Gasteiger partial charge is 0.399 e. The number of likely N-dealkylation sites (N-methyl/N-ethyl adjacent to an activating group) is 1. The van der Waals surface area contributed by atoms with Crippen LogP contribution in [-0.2, 0) is 16.8 Å². The van der Waals surface area contributed by atoms with E-state index in [-0.39, 0.29) is 11.3 Å². The first kappa shape index (κ1) is 12.7. The van der Waals surface area contributed by atoms with E-state index in [0.29, 0.717) is 18.1 Å². The summed E-state index contributed by atoms with van der Waals surface area (Å²) in [7, 11) is 1.79. The van der Waals surface area contributed by atoms with Gasteiger partial charge in [0.2, 0.25) is 5.91 Å². The monoisotopic (exact) mass is 271 g/mol. The highest BCUT2D eigenvalue weighted by atomic mass is 16.2. The van der Waals surface area contributed by atoms with E-state index < -0.39 is 0 Å². The van der Waals surface area contributed by atoms with Crippen LogP contribution in [0, 0.1) is 0 Å². The molecule has 3 N–H and O–H groups in total. The molecule has 3 rings (SSSR count). The second kappa shape index (κ2) is 4.63. The number of aromatic amines is 1. The highest BCUT2D eigenvalue weighted by Gasteiger charge is 2.52. The van der Waals surface area contributed by atoms with Crippen molar-refractivity contribution in [3.05, 3.63) is 42.0 Å². The Balaban J connectivity index is 1.77. The molecule has 0 bridgehead atoms. The highest BCUT2D eigenvalue weighted by molar-refractivity contribution is 5.91. The summed E-state index contributed by atoms with van der Waals surface area (Å²) in [6.45, 7) is 0.440. The summed E-state index contributed by atoms with van der Waals surface area (Å²) in [5.74, 6) is 0.813. The molecule has 0 radical (unpaired) electrons. The summed E-state index contributed by atoms with van der Waals surface area (Å²) in [6.07, 6.45) is 3.22. The summed E-state index contributed by atoms with van der Waals surface area (Å²) in [5.41, 5.74) is 7.09. The molecule has 6 heteroatoms. The third-order valence-electron chi connectivity index (χ3n) is 3.82. The van der Waals surface area contributed by atoms with Gasteiger partial charge in [-0.25, -0.2) is 4.98 Å². The quantitative estimate of drug-likeness (QED) is 0.814. The van der Waals surface area contributed by atoms with Crippen LogP contribution >= 0.6 is 0 Å². The third-order valence-corrected chi connectivity index (χ3v) is 3.82. The molecule has 0 spiro atoms. The van der Waals surface area contributed by atoms with Crippen LogP contribution in [-0.4, -0.2) is 33.0 Å². The molecule has 1 aromatic carbocycles. The number of H-pyrrole nitrogens is 1. The van der Waals surface area contributed by atoms with Gasteiger partial charge < -0.3 is 10.6 Å². The van der Waals surface area contributed by atoms with Crippen molar-refractivity contribution in [1.29, 1.82) is 0 Å². The topological polar surface area (TPSA) is 87.9 Å². The molecule has 1 aliphatic rings. The van der Waals surface area contributed by atoms with Gasteiger partial charge in [-0.15, -0.1) is 0 Å². The van der Waals surface area contributed by atoms with Gasteiger partial charge in [0.1, 0.15) is 12.2 Å². The SMILES string of the molecule is CN(Cc1ncn[nH]1)C(=O)C1(c2ccc(N)cc2)CC1. The number of nitrogens with two attached hydrogens (primary N) is 1. The minimum absolute atomic E-state index is 0.124. The van der Waals surface area contributed by atoms with Gasteiger partial charge in [0.05, 0.1) is 12.0 Å². The summed E-state index contributed by atoms with van der Waals surface area (Å²) in [6, 6.07) is 7.59. The van der Waals surface area contributed by atoms with Gasteiger partial charge >= 0.3 is 0 Å². The van der Waals surface area contributed by atoms with Crippen molar-refractivity contribution in [1.82, 2.24) is 20.1 Å². The van der Waals surface area contributed by atoms with Crippen molar-refractivity contribution in [3.8, 4) is 0 Å². The van der Waals surface area contributed by atoms with Crippen LogP contribution in [0.1, 0.15) is 24.2 Å². The molecule has 1 aliphatic carbocycles. The van der Waals surface area contributed by atoms with Gasteiger partial charge in [0.15, 0.2) is 0 Å². The van der Waals surface area contributed by atoms with Gasteiger partial charge in [0, 0.05) is 12.7 Å². The molecule has 0 saturated heterocycles. The van der Waals surface area contributed by atoms with E-state index in [1.54, 1.807) is 11.9 Å². The Hall–Kier alpha value is -2.37. The number of nitrogen functional groups attached to an aromatic ring is 1. The molecule has 20 heavy (non-hydrogen) atoms. The van der Waals surface area contributed by atoms with Gasteiger partial charge in [-0.05, 0) is 30.5 Å². The number of carbonyl (C=O) groups is 1. The summed E-state index contributed by atoms with van der Waals surface area (Å²) in [4.78, 5) is 18.4. The Morgan fingerprint density at radius 2 is 2.10 bits per heavy atom. The lowest BCUT2D eigenvalue weighted by Gasteiger charge is -2.23. The predicted molar refractivity (Wildman–Crippen MR) is 74.6 cm³/mol. The molecular formula is C14H17N5O. The minimum atomic E-state index is -0.373. The van der Waals surface area contributed by atoms with Crippen LogP contribution in [0.4, 0.5) is 5.69 Å². The second-order valence-electron chi connectivity index (χ2n) is 5.30. The normalized spacial score (nSPS) is 15.8. The second-order valence-corrected chi connectivity index (χ2v) is 5.30. The van der Waals surface area contributed by atoms with Crippen molar-refractivity contribution in [2.24, 2.45) is 0 Å². The fraction of sp³-hybridized carbons (Fsp3) is 0.357. The lowest BCUT2D eigenvalue weighted by atomic mass is 9.94. The number of hydrogen-bond donors (Lipinski definition) is 2. The van der Waals surface area contributed by atoms with Gasteiger partial charge in [-0.1, -0.05) is 12.1 Å². The summed E-state index contributed by atoms with van der Waals surface area (Å²) in [5, 5.41) is 6.56. The lowest BCUT2D eigenvalue weighted by molar-refractivity contribution is -0.133. The molecule has 0 atom stereocenters. The smallest absolute Gasteiger partial charge is 0.233 e. The number of anilines is 1.